The Bertz CT molecular complexity index is 533. The molecule has 0 spiro atoms. The first-order valence-electron chi connectivity index (χ1n) is 6.47. The van der Waals surface area contributed by atoms with E-state index in [1.54, 1.807) is 18.2 Å². The third-order valence-corrected chi connectivity index (χ3v) is 4.11. The lowest BCUT2D eigenvalue weighted by molar-refractivity contribution is -0.134. The highest BCUT2D eigenvalue weighted by Gasteiger charge is 2.32. The SMILES string of the molecule is NNC(=O)C[C@H]1C(=O)NCCN1Cc1c(Cl)cccc1Cl. The van der Waals surface area contributed by atoms with E-state index in [9.17, 15) is 9.59 Å². The quantitative estimate of drug-likeness (QED) is 0.430. The zero-order valence-electron chi connectivity index (χ0n) is 11.2. The third kappa shape index (κ3) is 3.85. The molecule has 0 aliphatic carbocycles. The molecule has 1 heterocycles. The topological polar surface area (TPSA) is 87.5 Å². The second-order valence-corrected chi connectivity index (χ2v) is 5.56. The molecule has 1 aliphatic heterocycles. The Balaban J connectivity index is 2.19. The van der Waals surface area contributed by atoms with Gasteiger partial charge in [-0.2, -0.15) is 0 Å². The lowest BCUT2D eigenvalue weighted by Crippen LogP contribution is -2.56. The summed E-state index contributed by atoms with van der Waals surface area (Å²) in [4.78, 5) is 25.3. The molecule has 0 saturated carbocycles. The van der Waals surface area contributed by atoms with Gasteiger partial charge in [-0.1, -0.05) is 29.3 Å². The van der Waals surface area contributed by atoms with Gasteiger partial charge < -0.3 is 5.32 Å². The van der Waals surface area contributed by atoms with Crippen LogP contribution in [-0.2, 0) is 16.1 Å². The molecule has 2 amide bonds. The van der Waals surface area contributed by atoms with Crippen LogP contribution < -0.4 is 16.6 Å². The predicted molar refractivity (Wildman–Crippen MR) is 80.6 cm³/mol. The van der Waals surface area contributed by atoms with Crippen molar-refractivity contribution in [1.29, 1.82) is 0 Å². The number of hydrazine groups is 1. The summed E-state index contributed by atoms with van der Waals surface area (Å²) in [6, 6.07) is 4.66. The van der Waals surface area contributed by atoms with E-state index < -0.39 is 11.9 Å². The number of piperazine rings is 1. The number of carbonyl (C=O) groups is 2. The summed E-state index contributed by atoms with van der Waals surface area (Å²) in [7, 11) is 0. The maximum absolute atomic E-state index is 12.0. The van der Waals surface area contributed by atoms with Crippen LogP contribution in [0.25, 0.3) is 0 Å². The van der Waals surface area contributed by atoms with Crippen LogP contribution in [0.4, 0.5) is 0 Å². The van der Waals surface area contributed by atoms with Crippen LogP contribution in [0, 0.1) is 0 Å². The van der Waals surface area contributed by atoms with Gasteiger partial charge in [-0.25, -0.2) is 5.84 Å². The highest BCUT2D eigenvalue weighted by molar-refractivity contribution is 6.35. The molecule has 0 bridgehead atoms. The second-order valence-electron chi connectivity index (χ2n) is 4.75. The van der Waals surface area contributed by atoms with Gasteiger partial charge in [0, 0.05) is 35.2 Å². The van der Waals surface area contributed by atoms with Gasteiger partial charge in [-0.3, -0.25) is 19.9 Å². The van der Waals surface area contributed by atoms with E-state index in [0.29, 0.717) is 29.7 Å². The molecule has 1 aromatic carbocycles. The zero-order chi connectivity index (χ0) is 15.4. The van der Waals surface area contributed by atoms with Crippen LogP contribution in [-0.4, -0.2) is 35.8 Å². The molecular formula is C13H16Cl2N4O2. The average molecular weight is 331 g/mol. The molecule has 1 aromatic rings. The Morgan fingerprint density at radius 2 is 2.10 bits per heavy atom. The predicted octanol–water partition coefficient (Wildman–Crippen LogP) is 0.674. The van der Waals surface area contributed by atoms with Crippen molar-refractivity contribution in [2.45, 2.75) is 19.0 Å². The van der Waals surface area contributed by atoms with Gasteiger partial charge in [0.1, 0.15) is 0 Å². The Morgan fingerprint density at radius 3 is 2.71 bits per heavy atom. The molecular weight excluding hydrogens is 315 g/mol. The van der Waals surface area contributed by atoms with Gasteiger partial charge in [0.2, 0.25) is 11.8 Å². The Hall–Kier alpha value is -1.34. The Labute approximate surface area is 132 Å². The van der Waals surface area contributed by atoms with Crippen molar-refractivity contribution in [1.82, 2.24) is 15.6 Å². The van der Waals surface area contributed by atoms with Crippen LogP contribution >= 0.6 is 23.2 Å². The lowest BCUT2D eigenvalue weighted by atomic mass is 10.1. The number of hydrogen-bond acceptors (Lipinski definition) is 4. The molecule has 0 radical (unpaired) electrons. The fraction of sp³-hybridized carbons (Fsp3) is 0.385. The first-order chi connectivity index (χ1) is 10.0. The van der Waals surface area contributed by atoms with Crippen molar-refractivity contribution in [2.24, 2.45) is 5.84 Å². The number of rotatable bonds is 4. The average Bonchev–Trinajstić information content (AvgIpc) is 2.46. The number of nitrogens with zero attached hydrogens (tertiary/aromatic N) is 1. The van der Waals surface area contributed by atoms with Crippen molar-refractivity contribution in [2.75, 3.05) is 13.1 Å². The number of nitrogens with two attached hydrogens (primary N) is 1. The lowest BCUT2D eigenvalue weighted by Gasteiger charge is -2.34. The van der Waals surface area contributed by atoms with Gasteiger partial charge in [-0.15, -0.1) is 0 Å². The number of benzene rings is 1. The molecule has 1 aliphatic rings. The second kappa shape index (κ2) is 7.09. The molecule has 0 aromatic heterocycles. The summed E-state index contributed by atoms with van der Waals surface area (Å²) < 4.78 is 0. The number of amides is 2. The number of hydrogen-bond donors (Lipinski definition) is 3. The molecule has 0 unspecified atom stereocenters. The minimum Gasteiger partial charge on any atom is -0.353 e. The third-order valence-electron chi connectivity index (χ3n) is 3.40. The summed E-state index contributed by atoms with van der Waals surface area (Å²) in [5.41, 5.74) is 2.79. The molecule has 6 nitrogen and oxygen atoms in total. The zero-order valence-corrected chi connectivity index (χ0v) is 12.7. The van der Waals surface area contributed by atoms with Gasteiger partial charge in [0.25, 0.3) is 0 Å². The minimum absolute atomic E-state index is 0.00952. The van der Waals surface area contributed by atoms with E-state index in [1.165, 1.54) is 0 Å². The first-order valence-corrected chi connectivity index (χ1v) is 7.22. The summed E-state index contributed by atoms with van der Waals surface area (Å²) in [5, 5.41) is 3.81. The van der Waals surface area contributed by atoms with Crippen LogP contribution in [0.1, 0.15) is 12.0 Å². The molecule has 8 heteroatoms. The molecule has 1 atom stereocenters. The molecule has 1 fully saturated rings. The molecule has 2 rings (SSSR count). The van der Waals surface area contributed by atoms with Gasteiger partial charge in [0.05, 0.1) is 12.5 Å². The molecule has 1 saturated heterocycles. The van der Waals surface area contributed by atoms with E-state index in [4.69, 9.17) is 29.0 Å². The maximum Gasteiger partial charge on any atom is 0.237 e. The van der Waals surface area contributed by atoms with E-state index >= 15 is 0 Å². The standard InChI is InChI=1S/C13H16Cl2N4O2/c14-9-2-1-3-10(15)8(9)7-19-5-4-17-13(21)11(19)6-12(20)18-16/h1-3,11H,4-7,16H2,(H,17,21)(H,18,20)/t11-/m0/s1. The summed E-state index contributed by atoms with van der Waals surface area (Å²) in [6.07, 6.45) is -0.00952. The fourth-order valence-electron chi connectivity index (χ4n) is 2.29. The van der Waals surface area contributed by atoms with Crippen LogP contribution in [0.3, 0.4) is 0 Å². The van der Waals surface area contributed by atoms with Crippen molar-refractivity contribution in [3.05, 3.63) is 33.8 Å². The smallest absolute Gasteiger partial charge is 0.237 e. The van der Waals surface area contributed by atoms with Crippen LogP contribution in [0.2, 0.25) is 10.0 Å². The summed E-state index contributed by atoms with van der Waals surface area (Å²) >= 11 is 12.3. The van der Waals surface area contributed by atoms with E-state index in [2.05, 4.69) is 5.32 Å². The highest BCUT2D eigenvalue weighted by atomic mass is 35.5. The number of carbonyl (C=O) groups excluding carboxylic acids is 2. The van der Waals surface area contributed by atoms with E-state index in [1.807, 2.05) is 10.3 Å². The van der Waals surface area contributed by atoms with Crippen molar-refractivity contribution >= 4 is 35.0 Å². The van der Waals surface area contributed by atoms with Gasteiger partial charge in [-0.05, 0) is 12.1 Å². The Kier molecular flexibility index (Phi) is 5.41. The monoisotopic (exact) mass is 330 g/mol. The fourth-order valence-corrected chi connectivity index (χ4v) is 2.81. The largest absolute Gasteiger partial charge is 0.353 e. The van der Waals surface area contributed by atoms with Gasteiger partial charge >= 0.3 is 0 Å². The number of nitrogens with one attached hydrogen (secondary N) is 2. The van der Waals surface area contributed by atoms with E-state index in [-0.39, 0.29) is 12.3 Å². The van der Waals surface area contributed by atoms with Crippen molar-refractivity contribution in [3.63, 3.8) is 0 Å². The van der Waals surface area contributed by atoms with Crippen molar-refractivity contribution in [3.8, 4) is 0 Å². The highest BCUT2D eigenvalue weighted by Crippen LogP contribution is 2.27. The Morgan fingerprint density at radius 1 is 1.43 bits per heavy atom. The molecule has 114 valence electrons. The normalized spacial score (nSPS) is 19.2. The van der Waals surface area contributed by atoms with Crippen LogP contribution in [0.5, 0.6) is 0 Å². The first kappa shape index (κ1) is 16.0. The van der Waals surface area contributed by atoms with E-state index in [0.717, 1.165) is 5.56 Å². The maximum atomic E-state index is 12.0. The van der Waals surface area contributed by atoms with Crippen LogP contribution in [0.15, 0.2) is 18.2 Å². The number of halogens is 2. The molecule has 4 N–H and O–H groups in total. The summed E-state index contributed by atoms with van der Waals surface area (Å²) in [5.74, 6) is 4.49. The van der Waals surface area contributed by atoms with Crippen molar-refractivity contribution < 1.29 is 9.59 Å². The minimum atomic E-state index is -0.588. The molecule has 21 heavy (non-hydrogen) atoms. The van der Waals surface area contributed by atoms with Gasteiger partial charge in [0.15, 0.2) is 0 Å². The summed E-state index contributed by atoms with van der Waals surface area (Å²) in [6.45, 7) is 1.52.